The largest absolute Gasteiger partial charge is 0.368 e. The topological polar surface area (TPSA) is 127 Å². The van der Waals surface area contributed by atoms with E-state index in [0.717, 1.165) is 0 Å². The summed E-state index contributed by atoms with van der Waals surface area (Å²) in [5, 5.41) is 19.0. The van der Waals surface area contributed by atoms with Gasteiger partial charge >= 0.3 is 0 Å². The fourth-order valence-electron chi connectivity index (χ4n) is 1.66. The molecule has 0 radical (unpaired) electrons. The average Bonchev–Trinajstić information content (AvgIpc) is 2.91. The number of rotatable bonds is 5. The summed E-state index contributed by atoms with van der Waals surface area (Å²) in [4.78, 5) is 22.6. The minimum Gasteiger partial charge on any atom is -0.368 e. The fourth-order valence-corrected chi connectivity index (χ4v) is 1.66. The molecule has 0 bridgehead atoms. The van der Waals surface area contributed by atoms with Crippen molar-refractivity contribution in [1.82, 2.24) is 20.3 Å². The molecule has 1 heterocycles. The van der Waals surface area contributed by atoms with Crippen LogP contribution in [0.4, 0.5) is 0 Å². The Morgan fingerprint density at radius 2 is 2.24 bits per heavy atom. The Bertz CT molecular complexity index is 715. The van der Waals surface area contributed by atoms with Crippen molar-refractivity contribution >= 4 is 11.8 Å². The van der Waals surface area contributed by atoms with E-state index in [0.29, 0.717) is 16.8 Å². The number of hydrogen-bond donors (Lipinski definition) is 2. The predicted octanol–water partition coefficient (Wildman–Crippen LogP) is -0.435. The van der Waals surface area contributed by atoms with Gasteiger partial charge in [0.25, 0.3) is 5.91 Å². The zero-order valence-corrected chi connectivity index (χ0v) is 11.0. The first-order valence-electron chi connectivity index (χ1n) is 6.04. The van der Waals surface area contributed by atoms with Crippen LogP contribution in [0.5, 0.6) is 0 Å². The Morgan fingerprint density at radius 1 is 1.43 bits per heavy atom. The van der Waals surface area contributed by atoms with Crippen LogP contribution >= 0.6 is 0 Å². The summed E-state index contributed by atoms with van der Waals surface area (Å²) in [6.07, 6.45) is 1.52. The normalized spacial score (nSPS) is 9.86. The number of benzene rings is 1. The van der Waals surface area contributed by atoms with E-state index in [1.165, 1.54) is 16.9 Å². The van der Waals surface area contributed by atoms with Gasteiger partial charge in [-0.05, 0) is 18.2 Å². The van der Waals surface area contributed by atoms with Gasteiger partial charge in [0, 0.05) is 5.56 Å². The molecule has 0 aliphatic carbocycles. The number of nitrogens with two attached hydrogens (primary N) is 1. The molecular weight excluding hydrogens is 272 g/mol. The molecule has 21 heavy (non-hydrogen) atoms. The number of nitriles is 1. The van der Waals surface area contributed by atoms with Crippen LogP contribution in [0.2, 0.25) is 0 Å². The molecule has 1 aromatic carbocycles. The molecule has 106 valence electrons. The van der Waals surface area contributed by atoms with Crippen molar-refractivity contribution in [3.63, 3.8) is 0 Å². The molecule has 2 rings (SSSR count). The summed E-state index contributed by atoms with van der Waals surface area (Å²) in [7, 11) is 0. The first kappa shape index (κ1) is 14.2. The van der Waals surface area contributed by atoms with Gasteiger partial charge < -0.3 is 11.1 Å². The number of nitrogens with one attached hydrogen (secondary N) is 1. The lowest BCUT2D eigenvalue weighted by Crippen LogP contribution is -2.23. The second kappa shape index (κ2) is 6.29. The maximum absolute atomic E-state index is 11.9. The zero-order valence-electron chi connectivity index (χ0n) is 11.0. The van der Waals surface area contributed by atoms with E-state index in [1.54, 1.807) is 18.2 Å². The second-order valence-corrected chi connectivity index (χ2v) is 4.25. The molecule has 0 fully saturated rings. The summed E-state index contributed by atoms with van der Waals surface area (Å²) in [6.45, 7) is 0.0968. The minimum atomic E-state index is -0.524. The lowest BCUT2D eigenvalue weighted by Gasteiger charge is -2.03. The van der Waals surface area contributed by atoms with Gasteiger partial charge in [-0.25, -0.2) is 4.68 Å². The highest BCUT2D eigenvalue weighted by atomic mass is 16.2. The van der Waals surface area contributed by atoms with Crippen molar-refractivity contribution in [2.75, 3.05) is 0 Å². The van der Waals surface area contributed by atoms with Gasteiger partial charge in [-0.1, -0.05) is 11.3 Å². The van der Waals surface area contributed by atoms with Gasteiger partial charge in [-0.2, -0.15) is 5.26 Å². The Labute approximate surface area is 120 Å². The number of aromatic nitrogens is 3. The summed E-state index contributed by atoms with van der Waals surface area (Å²) in [6, 6.07) is 8.33. The van der Waals surface area contributed by atoms with Crippen molar-refractivity contribution in [2.45, 2.75) is 13.1 Å². The van der Waals surface area contributed by atoms with Crippen LogP contribution in [-0.2, 0) is 17.9 Å². The van der Waals surface area contributed by atoms with E-state index in [1.807, 2.05) is 6.07 Å². The Morgan fingerprint density at radius 3 is 2.95 bits per heavy atom. The third-order valence-corrected chi connectivity index (χ3v) is 2.59. The first-order chi connectivity index (χ1) is 10.1. The van der Waals surface area contributed by atoms with Crippen LogP contribution in [0.15, 0.2) is 30.5 Å². The average molecular weight is 284 g/mol. The highest BCUT2D eigenvalue weighted by Crippen LogP contribution is 2.04. The molecule has 0 spiro atoms. The molecule has 0 atom stereocenters. The van der Waals surface area contributed by atoms with E-state index in [9.17, 15) is 9.59 Å². The number of carbonyl (C=O) groups excluding carboxylic acids is 2. The highest BCUT2D eigenvalue weighted by molar-refractivity contribution is 5.94. The maximum atomic E-state index is 11.9. The van der Waals surface area contributed by atoms with Crippen molar-refractivity contribution in [3.8, 4) is 6.07 Å². The molecule has 8 heteroatoms. The molecule has 1 aromatic heterocycles. The Kier molecular flexibility index (Phi) is 4.26. The van der Waals surface area contributed by atoms with Crippen LogP contribution in [0.1, 0.15) is 21.6 Å². The summed E-state index contributed by atoms with van der Waals surface area (Å²) >= 11 is 0. The van der Waals surface area contributed by atoms with Crippen molar-refractivity contribution in [3.05, 3.63) is 47.3 Å². The van der Waals surface area contributed by atoms with E-state index < -0.39 is 5.91 Å². The SMILES string of the molecule is N#Cc1cccc(C(=O)NCc2cn(CC(N)=O)nn2)c1. The van der Waals surface area contributed by atoms with Crippen LogP contribution < -0.4 is 11.1 Å². The molecule has 8 nitrogen and oxygen atoms in total. The summed E-state index contributed by atoms with van der Waals surface area (Å²) in [5.74, 6) is -0.847. The van der Waals surface area contributed by atoms with E-state index in [2.05, 4.69) is 15.6 Å². The van der Waals surface area contributed by atoms with Gasteiger partial charge in [-0.15, -0.1) is 5.10 Å². The quantitative estimate of drug-likeness (QED) is 0.769. The number of amides is 2. The molecule has 0 aliphatic rings. The van der Waals surface area contributed by atoms with Crippen molar-refractivity contribution in [1.29, 1.82) is 5.26 Å². The maximum Gasteiger partial charge on any atom is 0.251 e. The lowest BCUT2D eigenvalue weighted by atomic mass is 10.1. The van der Waals surface area contributed by atoms with Crippen molar-refractivity contribution < 1.29 is 9.59 Å². The van der Waals surface area contributed by atoms with Gasteiger partial charge in [0.2, 0.25) is 5.91 Å². The van der Waals surface area contributed by atoms with Crippen molar-refractivity contribution in [2.24, 2.45) is 5.73 Å². The molecule has 0 saturated heterocycles. The van der Waals surface area contributed by atoms with Gasteiger partial charge in [0.15, 0.2) is 0 Å². The fraction of sp³-hybridized carbons (Fsp3) is 0.154. The predicted molar refractivity (Wildman–Crippen MR) is 71.5 cm³/mol. The van der Waals surface area contributed by atoms with Crippen LogP contribution in [0.25, 0.3) is 0 Å². The highest BCUT2D eigenvalue weighted by Gasteiger charge is 2.08. The Balaban J connectivity index is 1.96. The zero-order chi connectivity index (χ0) is 15.2. The number of hydrogen-bond acceptors (Lipinski definition) is 5. The minimum absolute atomic E-state index is 0.0643. The summed E-state index contributed by atoms with van der Waals surface area (Å²) in [5.41, 5.74) is 6.34. The van der Waals surface area contributed by atoms with E-state index >= 15 is 0 Å². The molecule has 0 unspecified atom stereocenters. The Hall–Kier alpha value is -3.21. The molecular formula is C13H12N6O2. The van der Waals surface area contributed by atoms with Gasteiger partial charge in [0.1, 0.15) is 12.2 Å². The van der Waals surface area contributed by atoms with Crippen LogP contribution in [0.3, 0.4) is 0 Å². The van der Waals surface area contributed by atoms with E-state index in [4.69, 9.17) is 11.0 Å². The van der Waals surface area contributed by atoms with Gasteiger partial charge in [-0.3, -0.25) is 9.59 Å². The molecule has 3 N–H and O–H groups in total. The van der Waals surface area contributed by atoms with E-state index in [-0.39, 0.29) is 19.0 Å². The number of carbonyl (C=O) groups is 2. The number of nitrogens with zero attached hydrogens (tertiary/aromatic N) is 4. The van der Waals surface area contributed by atoms with Crippen LogP contribution in [0, 0.1) is 11.3 Å². The smallest absolute Gasteiger partial charge is 0.251 e. The lowest BCUT2D eigenvalue weighted by molar-refractivity contribution is -0.118. The molecule has 0 aliphatic heterocycles. The third-order valence-electron chi connectivity index (χ3n) is 2.59. The second-order valence-electron chi connectivity index (χ2n) is 4.25. The molecule has 0 saturated carbocycles. The molecule has 2 amide bonds. The first-order valence-corrected chi connectivity index (χ1v) is 6.04. The monoisotopic (exact) mass is 284 g/mol. The summed E-state index contributed by atoms with van der Waals surface area (Å²) < 4.78 is 1.29. The van der Waals surface area contributed by atoms with Gasteiger partial charge in [0.05, 0.1) is 24.4 Å². The standard InChI is InChI=1S/C13H12N6O2/c14-5-9-2-1-3-10(4-9)13(21)16-6-11-7-19(18-17-11)8-12(15)20/h1-4,7H,6,8H2,(H2,15,20)(H,16,21). The molecule has 2 aromatic rings. The van der Waals surface area contributed by atoms with Crippen LogP contribution in [-0.4, -0.2) is 26.8 Å². The number of primary amides is 1. The third kappa shape index (κ3) is 3.87.